The molecule has 2 nitrogen and oxygen atoms in total. The van der Waals surface area contributed by atoms with Crippen molar-refractivity contribution in [1.82, 2.24) is 10.2 Å². The van der Waals surface area contributed by atoms with Gasteiger partial charge in [-0.05, 0) is 57.0 Å². The van der Waals surface area contributed by atoms with Gasteiger partial charge in [-0.3, -0.25) is 4.90 Å². The fourth-order valence-electron chi connectivity index (χ4n) is 4.13. The predicted octanol–water partition coefficient (Wildman–Crippen LogP) is 2.25. The largest absolute Gasteiger partial charge is 0.316 e. The van der Waals surface area contributed by atoms with Gasteiger partial charge in [-0.2, -0.15) is 0 Å². The Morgan fingerprint density at radius 1 is 1.19 bits per heavy atom. The molecule has 1 spiro atoms. The molecule has 0 amide bonds. The molecule has 16 heavy (non-hydrogen) atoms. The van der Waals surface area contributed by atoms with Crippen molar-refractivity contribution in [2.24, 2.45) is 11.3 Å². The lowest BCUT2D eigenvalue weighted by Gasteiger charge is -2.53. The lowest BCUT2D eigenvalue weighted by atomic mass is 9.76. The summed E-state index contributed by atoms with van der Waals surface area (Å²) in [7, 11) is 0. The van der Waals surface area contributed by atoms with Crippen molar-refractivity contribution >= 4 is 0 Å². The third kappa shape index (κ3) is 1.91. The average molecular weight is 222 g/mol. The molecule has 3 rings (SSSR count). The minimum atomic E-state index is 0.774. The van der Waals surface area contributed by atoms with E-state index < -0.39 is 0 Å². The van der Waals surface area contributed by atoms with Gasteiger partial charge in [0.2, 0.25) is 0 Å². The summed E-state index contributed by atoms with van der Waals surface area (Å²) in [6, 6.07) is 0.819. The maximum Gasteiger partial charge on any atom is 0.0108 e. The quantitative estimate of drug-likeness (QED) is 0.771. The molecular formula is C14H26N2. The average Bonchev–Trinajstić information content (AvgIpc) is 2.76. The van der Waals surface area contributed by atoms with Gasteiger partial charge >= 0.3 is 0 Å². The molecule has 0 aromatic heterocycles. The van der Waals surface area contributed by atoms with Crippen LogP contribution in [0, 0.1) is 11.3 Å². The molecule has 2 unspecified atom stereocenters. The molecular weight excluding hydrogens is 196 g/mol. The van der Waals surface area contributed by atoms with Crippen molar-refractivity contribution in [2.45, 2.75) is 51.5 Å². The van der Waals surface area contributed by atoms with Crippen molar-refractivity contribution in [1.29, 1.82) is 0 Å². The van der Waals surface area contributed by atoms with Crippen LogP contribution in [-0.2, 0) is 0 Å². The Kier molecular flexibility index (Phi) is 2.97. The zero-order chi connectivity index (χ0) is 11.0. The summed E-state index contributed by atoms with van der Waals surface area (Å²) in [5.74, 6) is 0.910. The lowest BCUT2D eigenvalue weighted by molar-refractivity contribution is -0.0412. The van der Waals surface area contributed by atoms with Crippen molar-refractivity contribution in [3.63, 3.8) is 0 Å². The summed E-state index contributed by atoms with van der Waals surface area (Å²) in [6.45, 7) is 7.77. The molecule has 0 radical (unpaired) electrons. The molecule has 1 N–H and O–H groups in total. The van der Waals surface area contributed by atoms with E-state index >= 15 is 0 Å². The molecule has 1 aliphatic carbocycles. The van der Waals surface area contributed by atoms with Gasteiger partial charge in [0, 0.05) is 19.1 Å². The Morgan fingerprint density at radius 3 is 2.56 bits per heavy atom. The van der Waals surface area contributed by atoms with Crippen LogP contribution in [0.15, 0.2) is 0 Å². The third-order valence-electron chi connectivity index (χ3n) is 5.33. The SMILES string of the molecule is CC(C1CCCNC1)N1CC2(CCCC2)C1. The Labute approximate surface area is 99.8 Å². The molecule has 2 heteroatoms. The first kappa shape index (κ1) is 11.0. The topological polar surface area (TPSA) is 15.3 Å². The number of piperidine rings is 1. The summed E-state index contributed by atoms with van der Waals surface area (Å²) in [4.78, 5) is 2.75. The number of hydrogen-bond donors (Lipinski definition) is 1. The first-order valence-electron chi connectivity index (χ1n) is 7.24. The minimum absolute atomic E-state index is 0.774. The summed E-state index contributed by atoms with van der Waals surface area (Å²) in [6.07, 6.45) is 8.84. The minimum Gasteiger partial charge on any atom is -0.316 e. The Bertz CT molecular complexity index is 231. The van der Waals surface area contributed by atoms with E-state index in [4.69, 9.17) is 0 Å². The number of likely N-dealkylation sites (tertiary alicyclic amines) is 1. The van der Waals surface area contributed by atoms with E-state index in [0.29, 0.717) is 0 Å². The lowest BCUT2D eigenvalue weighted by Crippen LogP contribution is -2.60. The van der Waals surface area contributed by atoms with Crippen LogP contribution in [-0.4, -0.2) is 37.1 Å². The monoisotopic (exact) mass is 222 g/mol. The van der Waals surface area contributed by atoms with E-state index in [1.165, 1.54) is 64.7 Å². The summed E-state index contributed by atoms with van der Waals surface area (Å²) in [5, 5.41) is 3.55. The number of hydrogen-bond acceptors (Lipinski definition) is 2. The van der Waals surface area contributed by atoms with Gasteiger partial charge in [0.1, 0.15) is 0 Å². The molecule has 1 saturated carbocycles. The molecule has 0 aromatic rings. The van der Waals surface area contributed by atoms with E-state index in [2.05, 4.69) is 17.1 Å². The Hall–Kier alpha value is -0.0800. The van der Waals surface area contributed by atoms with E-state index in [0.717, 1.165) is 17.4 Å². The van der Waals surface area contributed by atoms with E-state index in [1.807, 2.05) is 0 Å². The van der Waals surface area contributed by atoms with Crippen LogP contribution in [0.2, 0.25) is 0 Å². The molecule has 0 aromatic carbocycles. The zero-order valence-electron chi connectivity index (χ0n) is 10.7. The summed E-state index contributed by atoms with van der Waals surface area (Å²) < 4.78 is 0. The molecule has 2 aliphatic heterocycles. The highest BCUT2D eigenvalue weighted by atomic mass is 15.2. The molecule has 2 atom stereocenters. The number of nitrogens with zero attached hydrogens (tertiary/aromatic N) is 1. The molecule has 2 saturated heterocycles. The Balaban J connectivity index is 1.51. The highest BCUT2D eigenvalue weighted by Gasteiger charge is 2.46. The smallest absolute Gasteiger partial charge is 0.0108 e. The van der Waals surface area contributed by atoms with E-state index in [9.17, 15) is 0 Å². The standard InChI is InChI=1S/C14H26N2/c1-12(13-5-4-8-15-9-13)16-10-14(11-16)6-2-3-7-14/h12-13,15H,2-11H2,1H3. The highest BCUT2D eigenvalue weighted by molar-refractivity contribution is 5.00. The van der Waals surface area contributed by atoms with E-state index in [1.54, 1.807) is 0 Å². The second-order valence-electron chi connectivity index (χ2n) is 6.46. The van der Waals surface area contributed by atoms with Crippen LogP contribution in [0.1, 0.15) is 45.4 Å². The molecule has 3 aliphatic rings. The highest BCUT2D eigenvalue weighted by Crippen LogP contribution is 2.46. The first-order valence-corrected chi connectivity index (χ1v) is 7.24. The van der Waals surface area contributed by atoms with Gasteiger partial charge in [-0.15, -0.1) is 0 Å². The summed E-state index contributed by atoms with van der Waals surface area (Å²) >= 11 is 0. The predicted molar refractivity (Wildman–Crippen MR) is 67.5 cm³/mol. The van der Waals surface area contributed by atoms with Crippen molar-refractivity contribution in [2.75, 3.05) is 26.2 Å². The van der Waals surface area contributed by atoms with Crippen LogP contribution in [0.25, 0.3) is 0 Å². The van der Waals surface area contributed by atoms with Crippen molar-refractivity contribution < 1.29 is 0 Å². The fourth-order valence-corrected chi connectivity index (χ4v) is 4.13. The molecule has 0 bridgehead atoms. The van der Waals surface area contributed by atoms with Crippen LogP contribution >= 0.6 is 0 Å². The second-order valence-corrected chi connectivity index (χ2v) is 6.46. The van der Waals surface area contributed by atoms with Crippen LogP contribution < -0.4 is 5.32 Å². The summed E-state index contributed by atoms with van der Waals surface area (Å²) in [5.41, 5.74) is 0.774. The molecule has 2 heterocycles. The maximum atomic E-state index is 3.55. The maximum absolute atomic E-state index is 3.55. The number of nitrogens with one attached hydrogen (secondary N) is 1. The van der Waals surface area contributed by atoms with Gasteiger partial charge in [-0.25, -0.2) is 0 Å². The van der Waals surface area contributed by atoms with Crippen LogP contribution in [0.4, 0.5) is 0 Å². The van der Waals surface area contributed by atoms with Crippen LogP contribution in [0.3, 0.4) is 0 Å². The Morgan fingerprint density at radius 2 is 1.94 bits per heavy atom. The molecule has 3 fully saturated rings. The second kappa shape index (κ2) is 4.30. The van der Waals surface area contributed by atoms with Gasteiger partial charge < -0.3 is 5.32 Å². The fraction of sp³-hybridized carbons (Fsp3) is 1.00. The van der Waals surface area contributed by atoms with Crippen molar-refractivity contribution in [3.05, 3.63) is 0 Å². The van der Waals surface area contributed by atoms with Gasteiger partial charge in [-0.1, -0.05) is 12.8 Å². The number of rotatable bonds is 2. The van der Waals surface area contributed by atoms with E-state index in [-0.39, 0.29) is 0 Å². The van der Waals surface area contributed by atoms with Gasteiger partial charge in [0.05, 0.1) is 0 Å². The van der Waals surface area contributed by atoms with Gasteiger partial charge in [0.25, 0.3) is 0 Å². The van der Waals surface area contributed by atoms with Gasteiger partial charge in [0.15, 0.2) is 0 Å². The van der Waals surface area contributed by atoms with Crippen LogP contribution in [0.5, 0.6) is 0 Å². The third-order valence-corrected chi connectivity index (χ3v) is 5.33. The zero-order valence-corrected chi connectivity index (χ0v) is 10.7. The first-order chi connectivity index (χ1) is 7.79. The molecule has 92 valence electrons. The normalized spacial score (nSPS) is 36.2. The van der Waals surface area contributed by atoms with Crippen molar-refractivity contribution in [3.8, 4) is 0 Å².